The van der Waals surface area contributed by atoms with Crippen LogP contribution in [0.3, 0.4) is 0 Å². The van der Waals surface area contributed by atoms with Gasteiger partial charge < -0.3 is 9.84 Å². The van der Waals surface area contributed by atoms with Crippen LogP contribution in [0.15, 0.2) is 17.0 Å². The van der Waals surface area contributed by atoms with Crippen LogP contribution in [0.2, 0.25) is 0 Å². The zero-order chi connectivity index (χ0) is 18.8. The van der Waals surface area contributed by atoms with Crippen LogP contribution in [0.1, 0.15) is 36.2 Å². The SMILES string of the molecule is [C-]#[N+]C1(F)CC(Oc2ccc(S(C)(=O)=O)c3c2[C@@H](F)C(F)(F)[C@H]3O)C1. The Hall–Kier alpha value is -1.86. The van der Waals surface area contributed by atoms with Crippen molar-refractivity contribution >= 4 is 9.84 Å². The van der Waals surface area contributed by atoms with Crippen LogP contribution in [0, 0.1) is 6.57 Å². The lowest BCUT2D eigenvalue weighted by atomic mass is 9.87. The zero-order valence-electron chi connectivity index (χ0n) is 12.8. The zero-order valence-corrected chi connectivity index (χ0v) is 13.7. The van der Waals surface area contributed by atoms with Gasteiger partial charge in [-0.1, -0.05) is 0 Å². The molecule has 1 aromatic rings. The smallest absolute Gasteiger partial charge is 0.377 e. The number of hydrogen-bond acceptors (Lipinski definition) is 4. The lowest BCUT2D eigenvalue weighted by Gasteiger charge is -2.32. The minimum atomic E-state index is -4.22. The summed E-state index contributed by atoms with van der Waals surface area (Å²) in [6.07, 6.45) is -6.31. The van der Waals surface area contributed by atoms with Crippen LogP contribution in [-0.4, -0.2) is 37.6 Å². The van der Waals surface area contributed by atoms with Gasteiger partial charge in [-0.3, -0.25) is 4.85 Å². The number of benzene rings is 1. The van der Waals surface area contributed by atoms with Gasteiger partial charge >= 0.3 is 11.7 Å². The third-order valence-electron chi connectivity index (χ3n) is 4.41. The Bertz CT molecular complexity index is 874. The van der Waals surface area contributed by atoms with E-state index in [4.69, 9.17) is 11.3 Å². The lowest BCUT2D eigenvalue weighted by molar-refractivity contribution is -0.144. The van der Waals surface area contributed by atoms with E-state index in [2.05, 4.69) is 4.85 Å². The van der Waals surface area contributed by atoms with Gasteiger partial charge in [-0.15, -0.1) is 0 Å². The van der Waals surface area contributed by atoms with E-state index in [1.54, 1.807) is 0 Å². The van der Waals surface area contributed by atoms with Crippen molar-refractivity contribution in [3.8, 4) is 5.75 Å². The van der Waals surface area contributed by atoms with Crippen LogP contribution in [0.4, 0.5) is 17.6 Å². The van der Waals surface area contributed by atoms with E-state index in [-0.39, 0.29) is 18.6 Å². The molecule has 1 saturated carbocycles. The van der Waals surface area contributed by atoms with E-state index in [9.17, 15) is 31.1 Å². The van der Waals surface area contributed by atoms with Gasteiger partial charge in [0.1, 0.15) is 18.0 Å². The number of hydrogen-bond donors (Lipinski definition) is 1. The van der Waals surface area contributed by atoms with Gasteiger partial charge in [-0.25, -0.2) is 19.4 Å². The Kier molecular flexibility index (Phi) is 3.82. The molecule has 1 aromatic carbocycles. The maximum absolute atomic E-state index is 14.3. The highest BCUT2D eigenvalue weighted by Crippen LogP contribution is 2.57. The molecule has 0 radical (unpaired) electrons. The molecule has 3 rings (SSSR count). The summed E-state index contributed by atoms with van der Waals surface area (Å²) in [7, 11) is -4.01. The first-order chi connectivity index (χ1) is 11.4. The van der Waals surface area contributed by atoms with E-state index < -0.39 is 56.0 Å². The van der Waals surface area contributed by atoms with Gasteiger partial charge in [-0.05, 0) is 12.1 Å². The van der Waals surface area contributed by atoms with Crippen molar-refractivity contribution in [1.82, 2.24) is 0 Å². The van der Waals surface area contributed by atoms with E-state index in [0.29, 0.717) is 0 Å². The minimum absolute atomic E-state index is 0.311. The molecule has 0 saturated heterocycles. The topological polar surface area (TPSA) is 68.0 Å². The van der Waals surface area contributed by atoms with Gasteiger partial charge in [0.05, 0.1) is 17.7 Å². The van der Waals surface area contributed by atoms with Crippen molar-refractivity contribution in [2.75, 3.05) is 6.26 Å². The number of rotatable bonds is 3. The molecular formula is C15H13F4NO4S. The maximum Gasteiger partial charge on any atom is 0.377 e. The number of sulfone groups is 1. The molecule has 1 N–H and O–H groups in total. The highest BCUT2D eigenvalue weighted by atomic mass is 32.2. The summed E-state index contributed by atoms with van der Waals surface area (Å²) in [5.74, 6) is -6.71. The second-order valence-corrected chi connectivity index (χ2v) is 8.26. The van der Waals surface area contributed by atoms with Crippen LogP contribution >= 0.6 is 0 Å². The maximum atomic E-state index is 14.3. The van der Waals surface area contributed by atoms with E-state index in [1.165, 1.54) is 0 Å². The molecule has 0 spiro atoms. The normalized spacial score (nSPS) is 33.2. The minimum Gasteiger partial charge on any atom is -0.489 e. The summed E-state index contributed by atoms with van der Waals surface area (Å²) in [6.45, 7) is 6.69. The van der Waals surface area contributed by atoms with Crippen molar-refractivity contribution < 1.29 is 35.8 Å². The Labute approximate surface area is 141 Å². The molecule has 0 unspecified atom stereocenters. The third-order valence-corrected chi connectivity index (χ3v) is 5.57. The first kappa shape index (κ1) is 17.9. The van der Waals surface area contributed by atoms with Crippen molar-refractivity contribution in [1.29, 1.82) is 0 Å². The molecule has 2 aliphatic rings. The Morgan fingerprint density at radius 2 is 1.88 bits per heavy atom. The molecule has 136 valence electrons. The Balaban J connectivity index is 2.05. The molecule has 1 fully saturated rings. The molecule has 5 nitrogen and oxygen atoms in total. The van der Waals surface area contributed by atoms with Crippen molar-refractivity contribution in [3.63, 3.8) is 0 Å². The monoisotopic (exact) mass is 379 g/mol. The molecule has 2 aliphatic carbocycles. The average Bonchev–Trinajstić information content (AvgIpc) is 2.66. The van der Waals surface area contributed by atoms with Gasteiger partial charge in [0.25, 0.3) is 0 Å². The summed E-state index contributed by atoms with van der Waals surface area (Å²) in [5.41, 5.74) is -1.49. The van der Waals surface area contributed by atoms with Gasteiger partial charge in [0.2, 0.25) is 0 Å². The summed E-state index contributed by atoms with van der Waals surface area (Å²) < 4.78 is 84.5. The van der Waals surface area contributed by atoms with Crippen LogP contribution in [0.5, 0.6) is 5.75 Å². The number of aliphatic hydroxyl groups excluding tert-OH is 1. The molecule has 0 aromatic heterocycles. The van der Waals surface area contributed by atoms with Gasteiger partial charge in [-0.2, -0.15) is 13.2 Å². The molecule has 2 atom stereocenters. The van der Waals surface area contributed by atoms with E-state index in [1.807, 2.05) is 0 Å². The second kappa shape index (κ2) is 5.32. The predicted molar refractivity (Wildman–Crippen MR) is 77.4 cm³/mol. The quantitative estimate of drug-likeness (QED) is 0.498. The largest absolute Gasteiger partial charge is 0.489 e. The van der Waals surface area contributed by atoms with Crippen LogP contribution in [-0.2, 0) is 9.84 Å². The highest BCUT2D eigenvalue weighted by Gasteiger charge is 2.59. The highest BCUT2D eigenvalue weighted by molar-refractivity contribution is 7.90. The van der Waals surface area contributed by atoms with Crippen LogP contribution in [0.25, 0.3) is 4.85 Å². The summed E-state index contributed by atoms with van der Waals surface area (Å²) in [6, 6.07) is 1.95. The number of halogens is 4. The molecule has 0 bridgehead atoms. The lowest BCUT2D eigenvalue weighted by Crippen LogP contribution is -2.44. The average molecular weight is 379 g/mol. The first-order valence-electron chi connectivity index (χ1n) is 7.22. The standard InChI is InChI=1S/C15H13F4NO4S/c1-20-14(17)5-7(6-14)24-8-3-4-9(25(2,22)23)11-10(8)12(16)15(18,19)13(11)21/h3-4,7,12-13,21H,5-6H2,2H3/t7?,12-,13+,14?/m1/s1. The first-order valence-corrected chi connectivity index (χ1v) is 9.11. The van der Waals surface area contributed by atoms with Crippen molar-refractivity contribution in [3.05, 3.63) is 34.7 Å². The van der Waals surface area contributed by atoms with E-state index in [0.717, 1.165) is 18.4 Å². The molecule has 0 heterocycles. The van der Waals surface area contributed by atoms with Crippen molar-refractivity contribution in [2.45, 2.75) is 47.8 Å². The summed E-state index contributed by atoms with van der Waals surface area (Å²) >= 11 is 0. The number of fused-ring (bicyclic) bond motifs is 1. The van der Waals surface area contributed by atoms with Gasteiger partial charge in [0, 0.05) is 17.4 Å². The number of ether oxygens (including phenoxy) is 1. The second-order valence-electron chi connectivity index (χ2n) is 6.28. The van der Waals surface area contributed by atoms with Gasteiger partial charge in [0.15, 0.2) is 16.0 Å². The Morgan fingerprint density at radius 3 is 2.40 bits per heavy atom. The Morgan fingerprint density at radius 1 is 1.28 bits per heavy atom. The fraction of sp³-hybridized carbons (Fsp3) is 0.533. The molecular weight excluding hydrogens is 366 g/mol. The summed E-state index contributed by atoms with van der Waals surface area (Å²) in [5, 5.41) is 9.76. The molecule has 0 amide bonds. The number of alkyl halides is 4. The fourth-order valence-electron chi connectivity index (χ4n) is 3.08. The molecule has 25 heavy (non-hydrogen) atoms. The molecule has 0 aliphatic heterocycles. The summed E-state index contributed by atoms with van der Waals surface area (Å²) in [4.78, 5) is 2.16. The van der Waals surface area contributed by atoms with Crippen LogP contribution < -0.4 is 4.74 Å². The number of nitrogens with zero attached hydrogens (tertiary/aromatic N) is 1. The fourth-order valence-corrected chi connectivity index (χ4v) is 4.02. The predicted octanol–water partition coefficient (Wildman–Crippen LogP) is 2.91. The van der Waals surface area contributed by atoms with Crippen molar-refractivity contribution in [2.24, 2.45) is 0 Å². The third kappa shape index (κ3) is 2.66. The molecule has 10 heteroatoms. The number of aliphatic hydroxyl groups is 1. The van der Waals surface area contributed by atoms with E-state index >= 15 is 0 Å².